The normalized spacial score (nSPS) is 21.8. The molecule has 0 aliphatic carbocycles. The van der Waals surface area contributed by atoms with Gasteiger partial charge in [0.2, 0.25) is 0 Å². The smallest absolute Gasteiger partial charge is 0.261 e. The van der Waals surface area contributed by atoms with Crippen molar-refractivity contribution < 1.29 is 46.7 Å². The van der Waals surface area contributed by atoms with Crippen molar-refractivity contribution in [3.05, 3.63) is 126 Å². The highest BCUT2D eigenvalue weighted by Crippen LogP contribution is 2.43. The Labute approximate surface area is 391 Å². The highest BCUT2D eigenvalue weighted by atomic mass is 28.4. The van der Waals surface area contributed by atoms with Crippen molar-refractivity contribution in [2.24, 2.45) is 5.92 Å². The third-order valence-corrected chi connectivity index (χ3v) is 22.9. The number of hydrogen-bond acceptors (Lipinski definition) is 10. The molecule has 4 aromatic rings. The van der Waals surface area contributed by atoms with E-state index in [9.17, 15) is 0 Å². The maximum atomic E-state index is 7.51. The summed E-state index contributed by atoms with van der Waals surface area (Å²) < 4.78 is 65.4. The molecule has 0 bridgehead atoms. The third-order valence-electron chi connectivity index (χ3n) is 13.4. The molecule has 2 aliphatic rings. The Balaban J connectivity index is 1.33. The molecule has 4 aromatic carbocycles. The van der Waals surface area contributed by atoms with Crippen LogP contribution in [0.25, 0.3) is 0 Å². The molecule has 1 unspecified atom stereocenters. The lowest BCUT2D eigenvalue weighted by Gasteiger charge is -2.43. The number of hydrogen-bond donors (Lipinski definition) is 0. The summed E-state index contributed by atoms with van der Waals surface area (Å²) in [7, 11) is -1.77. The summed E-state index contributed by atoms with van der Waals surface area (Å²) >= 11 is 0. The molecular weight excluding hydrogens is 853 g/mol. The molecule has 2 heterocycles. The van der Waals surface area contributed by atoms with E-state index >= 15 is 0 Å². The van der Waals surface area contributed by atoms with E-state index in [1.165, 1.54) is 10.4 Å². The van der Waals surface area contributed by atoms with Gasteiger partial charge >= 0.3 is 0 Å². The van der Waals surface area contributed by atoms with Crippen LogP contribution in [0.4, 0.5) is 0 Å². The summed E-state index contributed by atoms with van der Waals surface area (Å²) in [5.74, 6) is 0.601. The minimum atomic E-state index is -2.84. The lowest BCUT2D eigenvalue weighted by molar-refractivity contribution is -0.262. The zero-order valence-corrected chi connectivity index (χ0v) is 42.7. The molecule has 65 heavy (non-hydrogen) atoms. The summed E-state index contributed by atoms with van der Waals surface area (Å²) in [6, 6.07) is 39.7. The molecule has 2 saturated heterocycles. The molecule has 0 radical (unpaired) electrons. The van der Waals surface area contributed by atoms with E-state index in [2.05, 4.69) is 127 Å². The molecule has 2 aliphatic heterocycles. The molecule has 0 aromatic heterocycles. The summed E-state index contributed by atoms with van der Waals surface area (Å²) in [6.07, 6.45) is -0.00247. The number of rotatable bonds is 23. The minimum absolute atomic E-state index is 0.00313. The van der Waals surface area contributed by atoms with Gasteiger partial charge in [-0.15, -0.1) is 0 Å². The Morgan fingerprint density at radius 2 is 1.35 bits per heavy atom. The van der Waals surface area contributed by atoms with E-state index in [4.69, 9.17) is 46.7 Å². The first-order valence-electron chi connectivity index (χ1n) is 23.4. The zero-order valence-electron chi connectivity index (χ0n) is 40.7. The van der Waals surface area contributed by atoms with E-state index in [1.807, 2.05) is 42.5 Å². The molecular formula is C53H76O10Si2. The standard InChI is InChI=1S/C53H76O10Si2/c1-52(2,3)64(9,10)63-49-35-44(38-60-65(53(4,5)6,45-22-16-12-17-23-45)46-24-18-13-19-25-46)61-48(49)34-42(37-57-36-40-20-14-11-15-21-40)50(59-39-56-33-32-54-7)47-30-31-58-51(62-47)41-26-28-43(55-8)29-27-41/h11-29,42,44,47-51H,30-39H2,1-10H3/t42-,44-,47-,48+,49+,50-,51?/m0/s1. The summed E-state index contributed by atoms with van der Waals surface area (Å²) in [4.78, 5) is 0. The second-order valence-corrected chi connectivity index (χ2v) is 29.1. The maximum Gasteiger partial charge on any atom is 0.261 e. The van der Waals surface area contributed by atoms with Crippen LogP contribution in [-0.2, 0) is 48.6 Å². The first kappa shape index (κ1) is 51.2. The molecule has 0 N–H and O–H groups in total. The van der Waals surface area contributed by atoms with Gasteiger partial charge in [0.15, 0.2) is 14.6 Å². The second-order valence-electron chi connectivity index (χ2n) is 20.0. The van der Waals surface area contributed by atoms with Crippen LogP contribution in [0.5, 0.6) is 5.75 Å². The lowest BCUT2D eigenvalue weighted by Crippen LogP contribution is -2.67. The largest absolute Gasteiger partial charge is 0.497 e. The Morgan fingerprint density at radius 3 is 1.94 bits per heavy atom. The SMILES string of the molecule is COCCOCO[C@@H]([C@H](COCc1ccccc1)C[C@H]1O[C@H](CO[Si](c2ccccc2)(c2ccccc2)C(C)(C)C)C[C@H]1O[Si](C)(C)C(C)(C)C)[C@@H]1CCOC(c2ccc(OC)cc2)O1. The molecule has 10 nitrogen and oxygen atoms in total. The second kappa shape index (κ2) is 23.7. The Hall–Kier alpha value is -3.25. The van der Waals surface area contributed by atoms with Crippen LogP contribution in [-0.4, -0.2) is 101 Å². The van der Waals surface area contributed by atoms with Crippen molar-refractivity contribution in [2.45, 2.75) is 127 Å². The highest BCUT2D eigenvalue weighted by molar-refractivity contribution is 6.99. The monoisotopic (exact) mass is 928 g/mol. The van der Waals surface area contributed by atoms with Gasteiger partial charge < -0.3 is 46.7 Å². The highest BCUT2D eigenvalue weighted by Gasteiger charge is 2.52. The first-order valence-corrected chi connectivity index (χ1v) is 28.3. The van der Waals surface area contributed by atoms with Gasteiger partial charge in [-0.05, 0) is 64.1 Å². The molecule has 0 saturated carbocycles. The van der Waals surface area contributed by atoms with Crippen molar-refractivity contribution in [2.75, 3.05) is 54.0 Å². The molecule has 12 heteroatoms. The van der Waals surface area contributed by atoms with Gasteiger partial charge in [-0.1, -0.05) is 145 Å². The van der Waals surface area contributed by atoms with Crippen LogP contribution in [0.1, 0.15) is 78.2 Å². The fraction of sp³-hybridized carbons (Fsp3) is 0.547. The summed E-state index contributed by atoms with van der Waals surface area (Å²) in [5.41, 5.74) is 2.01. The number of methoxy groups -OCH3 is 2. The lowest BCUT2D eigenvalue weighted by atomic mass is 9.89. The number of ether oxygens (including phenoxy) is 8. The zero-order chi connectivity index (χ0) is 46.5. The van der Waals surface area contributed by atoms with E-state index in [1.54, 1.807) is 14.2 Å². The Kier molecular flexibility index (Phi) is 18.6. The van der Waals surface area contributed by atoms with Gasteiger partial charge in [0.05, 0.1) is 77.3 Å². The third kappa shape index (κ3) is 13.5. The van der Waals surface area contributed by atoms with Crippen LogP contribution in [0, 0.1) is 5.92 Å². The molecule has 2 fully saturated rings. The van der Waals surface area contributed by atoms with Crippen LogP contribution < -0.4 is 15.1 Å². The summed E-state index contributed by atoms with van der Waals surface area (Å²) in [6.45, 7) is 21.2. The fourth-order valence-electron chi connectivity index (χ4n) is 8.88. The average molecular weight is 929 g/mol. The predicted octanol–water partition coefficient (Wildman–Crippen LogP) is 9.85. The Morgan fingerprint density at radius 1 is 0.723 bits per heavy atom. The van der Waals surface area contributed by atoms with Gasteiger partial charge in [0, 0.05) is 25.0 Å². The van der Waals surface area contributed by atoms with Gasteiger partial charge in [-0.25, -0.2) is 0 Å². The van der Waals surface area contributed by atoms with Crippen LogP contribution in [0.2, 0.25) is 23.2 Å². The molecule has 6 rings (SSSR count). The van der Waals surface area contributed by atoms with Gasteiger partial charge in [-0.2, -0.15) is 0 Å². The van der Waals surface area contributed by atoms with E-state index in [0.29, 0.717) is 58.9 Å². The summed E-state index contributed by atoms with van der Waals surface area (Å²) in [5, 5.41) is 2.32. The van der Waals surface area contributed by atoms with Crippen molar-refractivity contribution in [3.63, 3.8) is 0 Å². The van der Waals surface area contributed by atoms with Crippen LogP contribution in [0.3, 0.4) is 0 Å². The maximum absolute atomic E-state index is 7.51. The number of benzene rings is 4. The quantitative estimate of drug-likeness (QED) is 0.0407. The van der Waals surface area contributed by atoms with Crippen LogP contribution >= 0.6 is 0 Å². The van der Waals surface area contributed by atoms with E-state index in [0.717, 1.165) is 16.9 Å². The molecule has 0 spiro atoms. The average Bonchev–Trinajstić information content (AvgIpc) is 3.67. The molecule has 356 valence electrons. The predicted molar refractivity (Wildman–Crippen MR) is 262 cm³/mol. The Bertz CT molecular complexity index is 1920. The minimum Gasteiger partial charge on any atom is -0.497 e. The van der Waals surface area contributed by atoms with Crippen molar-refractivity contribution >= 4 is 27.0 Å². The molecule has 7 atom stereocenters. The van der Waals surface area contributed by atoms with Crippen molar-refractivity contribution in [3.8, 4) is 5.75 Å². The van der Waals surface area contributed by atoms with E-state index < -0.39 is 29.0 Å². The van der Waals surface area contributed by atoms with Gasteiger partial charge in [-0.3, -0.25) is 0 Å². The van der Waals surface area contributed by atoms with E-state index in [-0.39, 0.29) is 47.2 Å². The first-order chi connectivity index (χ1) is 31.1. The molecule has 0 amide bonds. The van der Waals surface area contributed by atoms with Gasteiger partial charge in [0.1, 0.15) is 12.5 Å². The van der Waals surface area contributed by atoms with Crippen molar-refractivity contribution in [1.82, 2.24) is 0 Å². The van der Waals surface area contributed by atoms with Crippen molar-refractivity contribution in [1.29, 1.82) is 0 Å². The fourth-order valence-corrected chi connectivity index (χ4v) is 14.8. The topological polar surface area (TPSA) is 92.3 Å². The van der Waals surface area contributed by atoms with Gasteiger partial charge in [0.25, 0.3) is 8.32 Å². The van der Waals surface area contributed by atoms with Crippen LogP contribution in [0.15, 0.2) is 115 Å².